The molecule has 110 valence electrons. The van der Waals surface area contributed by atoms with E-state index in [0.717, 1.165) is 24.4 Å². The topological polar surface area (TPSA) is 58.4 Å². The molecule has 1 aliphatic heterocycles. The number of nitrogens with one attached hydrogen (secondary N) is 1. The van der Waals surface area contributed by atoms with Gasteiger partial charge in [0.2, 0.25) is 5.91 Å². The first-order chi connectivity index (χ1) is 10.2. The van der Waals surface area contributed by atoms with Gasteiger partial charge in [-0.25, -0.2) is 0 Å². The third-order valence-corrected chi connectivity index (χ3v) is 3.74. The number of piperazine rings is 1. The van der Waals surface area contributed by atoms with Crippen LogP contribution in [0.1, 0.15) is 17.0 Å². The highest BCUT2D eigenvalue weighted by atomic mass is 16.5. The lowest BCUT2D eigenvalue weighted by Crippen LogP contribution is -2.55. The fraction of sp³-hybridized carbons (Fsp3) is 0.375. The second-order valence-corrected chi connectivity index (χ2v) is 5.42. The van der Waals surface area contributed by atoms with Gasteiger partial charge in [0, 0.05) is 18.7 Å². The van der Waals surface area contributed by atoms with Gasteiger partial charge in [-0.1, -0.05) is 35.5 Å². The van der Waals surface area contributed by atoms with Gasteiger partial charge in [-0.3, -0.25) is 4.79 Å². The predicted molar refractivity (Wildman–Crippen MR) is 78.6 cm³/mol. The summed E-state index contributed by atoms with van der Waals surface area (Å²) >= 11 is 0. The van der Waals surface area contributed by atoms with Crippen molar-refractivity contribution in [2.24, 2.45) is 0 Å². The van der Waals surface area contributed by atoms with Crippen molar-refractivity contribution < 1.29 is 9.32 Å². The molecule has 1 atom stereocenters. The smallest absolute Gasteiger partial charge is 0.237 e. The van der Waals surface area contributed by atoms with Gasteiger partial charge < -0.3 is 14.7 Å². The lowest BCUT2D eigenvalue weighted by atomic mass is 10.0. The summed E-state index contributed by atoms with van der Waals surface area (Å²) in [5, 5.41) is 7.19. The summed E-state index contributed by atoms with van der Waals surface area (Å²) in [6.45, 7) is 3.56. The second kappa shape index (κ2) is 6.10. The van der Waals surface area contributed by atoms with Crippen molar-refractivity contribution in [2.45, 2.75) is 25.9 Å². The fourth-order valence-corrected chi connectivity index (χ4v) is 2.71. The summed E-state index contributed by atoms with van der Waals surface area (Å²) < 4.78 is 5.09. The summed E-state index contributed by atoms with van der Waals surface area (Å²) in [7, 11) is 0. The van der Waals surface area contributed by atoms with Gasteiger partial charge in [0.25, 0.3) is 0 Å². The second-order valence-electron chi connectivity index (χ2n) is 5.42. The van der Waals surface area contributed by atoms with E-state index in [9.17, 15) is 4.79 Å². The number of carbonyl (C=O) groups excluding carboxylic acids is 1. The van der Waals surface area contributed by atoms with E-state index < -0.39 is 0 Å². The average molecular weight is 285 g/mol. The van der Waals surface area contributed by atoms with E-state index in [1.807, 2.05) is 36.1 Å². The molecule has 5 heteroatoms. The molecule has 0 aliphatic carbocycles. The van der Waals surface area contributed by atoms with Crippen molar-refractivity contribution in [3.05, 3.63) is 53.4 Å². The Morgan fingerprint density at radius 2 is 2.19 bits per heavy atom. The molecule has 2 heterocycles. The zero-order valence-electron chi connectivity index (χ0n) is 12.1. The van der Waals surface area contributed by atoms with Crippen molar-refractivity contribution in [1.82, 2.24) is 15.4 Å². The third kappa shape index (κ3) is 3.31. The van der Waals surface area contributed by atoms with Crippen LogP contribution in [0.5, 0.6) is 0 Å². The van der Waals surface area contributed by atoms with Crippen LogP contribution < -0.4 is 5.32 Å². The first-order valence-electron chi connectivity index (χ1n) is 7.18. The van der Waals surface area contributed by atoms with E-state index >= 15 is 0 Å². The molecule has 1 aromatic heterocycles. The van der Waals surface area contributed by atoms with Crippen molar-refractivity contribution in [2.75, 3.05) is 13.1 Å². The summed E-state index contributed by atoms with van der Waals surface area (Å²) in [6.07, 6.45) is 0.844. The molecular weight excluding hydrogens is 266 g/mol. The molecule has 0 bridgehead atoms. The van der Waals surface area contributed by atoms with Crippen LogP contribution in [0.25, 0.3) is 0 Å². The molecule has 3 rings (SSSR count). The molecule has 0 spiro atoms. The number of aryl methyl sites for hydroxylation is 1. The first-order valence-corrected chi connectivity index (χ1v) is 7.18. The highest BCUT2D eigenvalue weighted by Gasteiger charge is 2.28. The Bertz CT molecular complexity index is 609. The summed E-state index contributed by atoms with van der Waals surface area (Å²) in [6, 6.07) is 12.3. The maximum absolute atomic E-state index is 12.2. The Kier molecular flexibility index (Phi) is 4.01. The molecule has 1 fully saturated rings. The normalized spacial score (nSPS) is 19.0. The molecule has 1 amide bonds. The predicted octanol–water partition coefficient (Wildman–Crippen LogP) is 1.53. The molecule has 5 nitrogen and oxygen atoms in total. The van der Waals surface area contributed by atoms with Crippen LogP contribution in [0.4, 0.5) is 0 Å². The van der Waals surface area contributed by atoms with E-state index in [4.69, 9.17) is 4.52 Å². The van der Waals surface area contributed by atoms with Gasteiger partial charge in [0.15, 0.2) is 0 Å². The van der Waals surface area contributed by atoms with Crippen molar-refractivity contribution >= 4 is 5.91 Å². The minimum absolute atomic E-state index is 0.114. The maximum atomic E-state index is 12.2. The standard InChI is InChI=1S/C16H19N3O2/c1-12-7-14(18-21-12)11-19-15(9-17-10-16(19)20)8-13-5-3-2-4-6-13/h2-7,15,17H,8-11H2,1H3/t15-/m0/s1. The SMILES string of the molecule is Cc1cc(CN2C(=O)CNC[C@@H]2Cc2ccccc2)no1. The van der Waals surface area contributed by atoms with E-state index in [2.05, 4.69) is 22.6 Å². The third-order valence-electron chi connectivity index (χ3n) is 3.74. The van der Waals surface area contributed by atoms with E-state index in [0.29, 0.717) is 13.1 Å². The number of nitrogens with zero attached hydrogens (tertiary/aromatic N) is 2. The summed E-state index contributed by atoms with van der Waals surface area (Å²) in [5.41, 5.74) is 2.04. The van der Waals surface area contributed by atoms with Crippen molar-refractivity contribution in [1.29, 1.82) is 0 Å². The van der Waals surface area contributed by atoms with Gasteiger partial charge in [0.05, 0.1) is 13.1 Å². The number of aromatic nitrogens is 1. The van der Waals surface area contributed by atoms with Crippen LogP contribution in [0.3, 0.4) is 0 Å². The maximum Gasteiger partial charge on any atom is 0.237 e. The van der Waals surface area contributed by atoms with Crippen LogP contribution in [0, 0.1) is 6.92 Å². The van der Waals surface area contributed by atoms with Gasteiger partial charge in [-0.15, -0.1) is 0 Å². The summed E-state index contributed by atoms with van der Waals surface area (Å²) in [4.78, 5) is 14.1. The molecule has 0 unspecified atom stereocenters. The van der Waals surface area contributed by atoms with Crippen molar-refractivity contribution in [3.8, 4) is 0 Å². The molecule has 2 aromatic rings. The van der Waals surface area contributed by atoms with Crippen LogP contribution in [0.15, 0.2) is 40.9 Å². The Hall–Kier alpha value is -2.14. The van der Waals surface area contributed by atoms with Gasteiger partial charge in [0.1, 0.15) is 11.5 Å². The van der Waals surface area contributed by atoms with Crippen LogP contribution in [-0.4, -0.2) is 35.1 Å². The van der Waals surface area contributed by atoms with Crippen molar-refractivity contribution in [3.63, 3.8) is 0 Å². The number of hydrogen-bond donors (Lipinski definition) is 1. The first kappa shape index (κ1) is 13.8. The number of rotatable bonds is 4. The number of amides is 1. The molecule has 0 saturated carbocycles. The Labute approximate surface area is 123 Å². The molecule has 1 aromatic carbocycles. The van der Waals surface area contributed by atoms with Gasteiger partial charge in [-0.05, 0) is 18.9 Å². The number of hydrogen-bond acceptors (Lipinski definition) is 4. The molecule has 0 radical (unpaired) electrons. The minimum atomic E-state index is 0.114. The monoisotopic (exact) mass is 285 g/mol. The molecular formula is C16H19N3O2. The quantitative estimate of drug-likeness (QED) is 0.925. The van der Waals surface area contributed by atoms with E-state index in [1.165, 1.54) is 5.56 Å². The average Bonchev–Trinajstić information content (AvgIpc) is 2.89. The Balaban J connectivity index is 1.75. The molecule has 1 saturated heterocycles. The lowest BCUT2D eigenvalue weighted by Gasteiger charge is -2.35. The van der Waals surface area contributed by atoms with Gasteiger partial charge in [-0.2, -0.15) is 0 Å². The number of carbonyl (C=O) groups is 1. The van der Waals surface area contributed by atoms with E-state index in [-0.39, 0.29) is 11.9 Å². The zero-order chi connectivity index (χ0) is 14.7. The fourth-order valence-electron chi connectivity index (χ4n) is 2.71. The van der Waals surface area contributed by atoms with Crippen LogP contribution >= 0.6 is 0 Å². The highest BCUT2D eigenvalue weighted by Crippen LogP contribution is 2.15. The van der Waals surface area contributed by atoms with Crippen LogP contribution in [0.2, 0.25) is 0 Å². The molecule has 1 aliphatic rings. The lowest BCUT2D eigenvalue weighted by molar-refractivity contribution is -0.135. The molecule has 21 heavy (non-hydrogen) atoms. The Morgan fingerprint density at radius 3 is 2.90 bits per heavy atom. The van der Waals surface area contributed by atoms with Gasteiger partial charge >= 0.3 is 0 Å². The molecule has 1 N–H and O–H groups in total. The van der Waals surface area contributed by atoms with Crippen LogP contribution in [-0.2, 0) is 17.8 Å². The number of benzene rings is 1. The van der Waals surface area contributed by atoms with E-state index in [1.54, 1.807) is 0 Å². The summed E-state index contributed by atoms with van der Waals surface area (Å²) in [5.74, 6) is 0.884. The largest absolute Gasteiger partial charge is 0.361 e. The Morgan fingerprint density at radius 1 is 1.38 bits per heavy atom. The minimum Gasteiger partial charge on any atom is -0.361 e. The zero-order valence-corrected chi connectivity index (χ0v) is 12.1. The highest BCUT2D eigenvalue weighted by molar-refractivity contribution is 5.79.